The Hall–Kier alpha value is -4.08. The molecule has 0 aliphatic heterocycles. The number of fused-ring (bicyclic) bond motifs is 3. The molecule has 1 N–H and O–H groups in total. The van der Waals surface area contributed by atoms with Crippen molar-refractivity contribution in [3.05, 3.63) is 82.2 Å². The van der Waals surface area contributed by atoms with Crippen LogP contribution in [0.15, 0.2) is 60.7 Å². The van der Waals surface area contributed by atoms with Crippen LogP contribution in [0.3, 0.4) is 0 Å². The van der Waals surface area contributed by atoms with Crippen molar-refractivity contribution in [1.82, 2.24) is 4.98 Å². The zero-order chi connectivity index (χ0) is 28.7. The summed E-state index contributed by atoms with van der Waals surface area (Å²) in [4.78, 5) is 45.3. The number of thiophene rings is 1. The molecule has 9 heteroatoms. The molecule has 1 aliphatic rings. The van der Waals surface area contributed by atoms with Gasteiger partial charge in [0, 0.05) is 15.8 Å². The monoisotopic (exact) mass is 584 g/mol. The molecule has 1 amide bonds. The minimum absolute atomic E-state index is 0.354. The van der Waals surface area contributed by atoms with Gasteiger partial charge in [0.05, 0.1) is 28.5 Å². The molecule has 1 aliphatic carbocycles. The molecule has 0 spiro atoms. The summed E-state index contributed by atoms with van der Waals surface area (Å²) in [7, 11) is 1.33. The van der Waals surface area contributed by atoms with Crippen LogP contribution in [-0.4, -0.2) is 36.0 Å². The van der Waals surface area contributed by atoms with Crippen molar-refractivity contribution in [2.75, 3.05) is 12.4 Å². The van der Waals surface area contributed by atoms with Crippen LogP contribution in [0.5, 0.6) is 0 Å². The number of carbonyl (C=O) groups is 3. The molecule has 0 bridgehead atoms. The minimum atomic E-state index is -1.10. The van der Waals surface area contributed by atoms with Crippen LogP contribution >= 0.6 is 22.7 Å². The maximum atomic E-state index is 13.5. The zero-order valence-electron chi connectivity index (χ0n) is 22.9. The summed E-state index contributed by atoms with van der Waals surface area (Å²) in [6.45, 7) is 3.70. The number of ether oxygens (including phenoxy) is 2. The topological polar surface area (TPSA) is 94.6 Å². The molecule has 2 unspecified atom stereocenters. The van der Waals surface area contributed by atoms with Gasteiger partial charge in [-0.2, -0.15) is 0 Å². The van der Waals surface area contributed by atoms with Crippen molar-refractivity contribution in [1.29, 1.82) is 0 Å². The van der Waals surface area contributed by atoms with Crippen molar-refractivity contribution in [2.45, 2.75) is 39.2 Å². The van der Waals surface area contributed by atoms with E-state index in [1.807, 2.05) is 48.5 Å². The second-order valence-corrected chi connectivity index (χ2v) is 12.4. The maximum absolute atomic E-state index is 13.5. The molecule has 5 aromatic rings. The molecule has 0 saturated carbocycles. The van der Waals surface area contributed by atoms with Crippen molar-refractivity contribution < 1.29 is 23.9 Å². The number of hydrogen-bond donors (Lipinski definition) is 1. The van der Waals surface area contributed by atoms with E-state index >= 15 is 0 Å². The number of benzene rings is 3. The van der Waals surface area contributed by atoms with Crippen LogP contribution in [0.2, 0.25) is 0 Å². The summed E-state index contributed by atoms with van der Waals surface area (Å²) in [6, 6.07) is 19.2. The van der Waals surface area contributed by atoms with Crippen molar-refractivity contribution in [2.24, 2.45) is 5.92 Å². The van der Waals surface area contributed by atoms with Crippen LogP contribution in [0.1, 0.15) is 51.4 Å². The SMILES string of the molecule is COC(=O)c1c(NC(=O)C(C)OC(=O)c2cccc3cccc(-c4nc5ccccc5s4)c23)sc2c1CCC(C)C2. The lowest BCUT2D eigenvalue weighted by Crippen LogP contribution is -2.30. The van der Waals surface area contributed by atoms with E-state index in [0.717, 1.165) is 61.3 Å². The lowest BCUT2D eigenvalue weighted by Gasteiger charge is -2.18. The molecule has 7 nitrogen and oxygen atoms in total. The average molecular weight is 585 g/mol. The Morgan fingerprint density at radius 3 is 2.56 bits per heavy atom. The standard InChI is InChI=1S/C32H28N2O5S2/c1-17-14-15-20-25(16-17)41-30(27(20)32(37)38-3)34-28(35)18(2)39-31(36)22-11-7-9-19-8-6-10-21(26(19)22)29-33-23-12-4-5-13-24(23)40-29/h4-13,17-18H,14-16H2,1-3H3,(H,34,35). The lowest BCUT2D eigenvalue weighted by molar-refractivity contribution is -0.123. The molecule has 6 rings (SSSR count). The third-order valence-electron chi connectivity index (χ3n) is 7.44. The molecule has 0 fully saturated rings. The van der Waals surface area contributed by atoms with Gasteiger partial charge in [0.2, 0.25) is 0 Å². The van der Waals surface area contributed by atoms with E-state index in [9.17, 15) is 14.4 Å². The van der Waals surface area contributed by atoms with E-state index in [-0.39, 0.29) is 0 Å². The molecular weight excluding hydrogens is 556 g/mol. The van der Waals surface area contributed by atoms with E-state index in [1.165, 1.54) is 25.4 Å². The highest BCUT2D eigenvalue weighted by molar-refractivity contribution is 7.21. The number of esters is 2. The molecule has 208 valence electrons. The van der Waals surface area contributed by atoms with Crippen LogP contribution in [0.4, 0.5) is 5.00 Å². The highest BCUT2D eigenvalue weighted by Crippen LogP contribution is 2.40. The highest BCUT2D eigenvalue weighted by atomic mass is 32.1. The van der Waals surface area contributed by atoms with Gasteiger partial charge in [0.1, 0.15) is 10.0 Å². The fraction of sp³-hybridized carbons (Fsp3) is 0.250. The molecule has 2 aromatic heterocycles. The maximum Gasteiger partial charge on any atom is 0.341 e. The number of methoxy groups -OCH3 is 1. The fourth-order valence-electron chi connectivity index (χ4n) is 5.32. The van der Waals surface area contributed by atoms with Crippen LogP contribution in [-0.2, 0) is 27.1 Å². The molecule has 0 radical (unpaired) electrons. The molecule has 41 heavy (non-hydrogen) atoms. The first-order chi connectivity index (χ1) is 19.8. The van der Waals surface area contributed by atoms with Gasteiger partial charge in [-0.15, -0.1) is 22.7 Å². The number of para-hydroxylation sites is 1. The van der Waals surface area contributed by atoms with Gasteiger partial charge in [-0.25, -0.2) is 14.6 Å². The summed E-state index contributed by atoms with van der Waals surface area (Å²) < 4.78 is 11.8. The van der Waals surface area contributed by atoms with Gasteiger partial charge >= 0.3 is 11.9 Å². The zero-order valence-corrected chi connectivity index (χ0v) is 24.5. The number of hydrogen-bond acceptors (Lipinski definition) is 8. The quantitative estimate of drug-likeness (QED) is 0.211. The van der Waals surface area contributed by atoms with Crippen LogP contribution in [0.25, 0.3) is 31.6 Å². The lowest BCUT2D eigenvalue weighted by atomic mass is 9.88. The Morgan fingerprint density at radius 1 is 1.00 bits per heavy atom. The molecule has 3 aromatic carbocycles. The van der Waals surface area contributed by atoms with Gasteiger partial charge in [-0.05, 0) is 61.3 Å². The van der Waals surface area contributed by atoms with E-state index in [0.29, 0.717) is 22.0 Å². The number of carbonyl (C=O) groups excluding carboxylic acids is 3. The molecular formula is C32H28N2O5S2. The van der Waals surface area contributed by atoms with Gasteiger partial charge in [-0.1, -0.05) is 49.4 Å². The second-order valence-electron chi connectivity index (χ2n) is 10.3. The Morgan fingerprint density at radius 2 is 1.78 bits per heavy atom. The van der Waals surface area contributed by atoms with Crippen molar-refractivity contribution in [3.8, 4) is 10.6 Å². The summed E-state index contributed by atoms with van der Waals surface area (Å²) in [6.07, 6.45) is 1.48. The third kappa shape index (κ3) is 5.11. The first kappa shape index (κ1) is 27.1. The highest BCUT2D eigenvalue weighted by Gasteiger charge is 2.30. The van der Waals surface area contributed by atoms with Gasteiger partial charge in [0.15, 0.2) is 6.10 Å². The Balaban J connectivity index is 1.27. The summed E-state index contributed by atoms with van der Waals surface area (Å²) in [5.41, 5.74) is 3.42. The Bertz CT molecular complexity index is 1780. The van der Waals surface area contributed by atoms with E-state index < -0.39 is 23.9 Å². The summed E-state index contributed by atoms with van der Waals surface area (Å²) in [5, 5.41) is 5.67. The fourth-order valence-corrected chi connectivity index (χ4v) is 7.72. The summed E-state index contributed by atoms with van der Waals surface area (Å²) >= 11 is 2.95. The first-order valence-electron chi connectivity index (χ1n) is 13.5. The number of nitrogens with one attached hydrogen (secondary N) is 1. The normalized spacial score (nSPS) is 15.3. The average Bonchev–Trinajstić information content (AvgIpc) is 3.56. The predicted octanol–water partition coefficient (Wildman–Crippen LogP) is 7.27. The Kier molecular flexibility index (Phi) is 7.32. The Labute approximate surface area is 245 Å². The number of rotatable bonds is 6. The van der Waals surface area contributed by atoms with Gasteiger partial charge in [0.25, 0.3) is 5.91 Å². The van der Waals surface area contributed by atoms with E-state index in [1.54, 1.807) is 23.5 Å². The van der Waals surface area contributed by atoms with Gasteiger partial charge < -0.3 is 14.8 Å². The minimum Gasteiger partial charge on any atom is -0.465 e. The van der Waals surface area contributed by atoms with Crippen LogP contribution < -0.4 is 5.32 Å². The number of thiazole rings is 1. The number of anilines is 1. The van der Waals surface area contributed by atoms with E-state index in [2.05, 4.69) is 12.2 Å². The van der Waals surface area contributed by atoms with E-state index in [4.69, 9.17) is 14.5 Å². The third-order valence-corrected chi connectivity index (χ3v) is 9.68. The molecule has 2 heterocycles. The number of amides is 1. The second kappa shape index (κ2) is 11.1. The predicted molar refractivity (Wildman–Crippen MR) is 163 cm³/mol. The first-order valence-corrected chi connectivity index (χ1v) is 15.1. The number of aromatic nitrogens is 1. The number of nitrogens with zero attached hydrogens (tertiary/aromatic N) is 1. The largest absolute Gasteiger partial charge is 0.465 e. The smallest absolute Gasteiger partial charge is 0.341 e. The van der Waals surface area contributed by atoms with Crippen LogP contribution in [0, 0.1) is 5.92 Å². The molecule has 2 atom stereocenters. The van der Waals surface area contributed by atoms with Gasteiger partial charge in [-0.3, -0.25) is 4.79 Å². The van der Waals surface area contributed by atoms with Crippen molar-refractivity contribution >= 4 is 66.5 Å². The molecule has 0 saturated heterocycles. The van der Waals surface area contributed by atoms with Crippen molar-refractivity contribution in [3.63, 3.8) is 0 Å². The summed E-state index contributed by atoms with van der Waals surface area (Å²) in [5.74, 6) is -1.10.